The van der Waals surface area contributed by atoms with E-state index in [0.717, 1.165) is 31.7 Å². The second kappa shape index (κ2) is 7.58. The lowest BCUT2D eigenvalue weighted by Gasteiger charge is -2.19. The van der Waals surface area contributed by atoms with Gasteiger partial charge in [0.15, 0.2) is 0 Å². The Kier molecular flexibility index (Phi) is 4.99. The highest BCUT2D eigenvalue weighted by molar-refractivity contribution is 5.89. The fourth-order valence-corrected chi connectivity index (χ4v) is 4.23. The lowest BCUT2D eigenvalue weighted by molar-refractivity contribution is 0.0601. The van der Waals surface area contributed by atoms with E-state index in [4.69, 9.17) is 10.5 Å². The number of carbonyl (C=O) groups is 1. The van der Waals surface area contributed by atoms with Crippen molar-refractivity contribution in [3.8, 4) is 0 Å². The Hall–Kier alpha value is -2.95. The van der Waals surface area contributed by atoms with Crippen LogP contribution in [0.5, 0.6) is 0 Å². The molecule has 1 aliphatic heterocycles. The summed E-state index contributed by atoms with van der Waals surface area (Å²) < 4.78 is 7.11. The Morgan fingerprint density at radius 2 is 2.00 bits per heavy atom. The van der Waals surface area contributed by atoms with E-state index in [0.29, 0.717) is 11.5 Å². The molecule has 0 aliphatic carbocycles. The first-order chi connectivity index (χ1) is 13.5. The Bertz CT molecular complexity index is 991. The SMILES string of the molecule is COC(=O)c1ccc(N2CCC(CCn3cc(C)c4ccc(N)cc43)C2)cc1. The summed E-state index contributed by atoms with van der Waals surface area (Å²) in [5, 5.41) is 1.29. The number of hydrogen-bond acceptors (Lipinski definition) is 4. The summed E-state index contributed by atoms with van der Waals surface area (Å²) in [7, 11) is 1.41. The molecule has 28 heavy (non-hydrogen) atoms. The molecule has 146 valence electrons. The molecule has 2 aromatic carbocycles. The van der Waals surface area contributed by atoms with Crippen LogP contribution in [0.1, 0.15) is 28.8 Å². The maximum absolute atomic E-state index is 11.6. The Balaban J connectivity index is 1.39. The van der Waals surface area contributed by atoms with Crippen molar-refractivity contribution in [1.29, 1.82) is 0 Å². The molecule has 2 heterocycles. The quantitative estimate of drug-likeness (QED) is 0.534. The molecule has 5 nitrogen and oxygen atoms in total. The molecular weight excluding hydrogens is 350 g/mol. The number of aromatic nitrogens is 1. The molecule has 0 radical (unpaired) electrons. The van der Waals surface area contributed by atoms with E-state index in [1.54, 1.807) is 0 Å². The summed E-state index contributed by atoms with van der Waals surface area (Å²) >= 11 is 0. The van der Waals surface area contributed by atoms with Crippen LogP contribution in [-0.4, -0.2) is 30.7 Å². The monoisotopic (exact) mass is 377 g/mol. The second-order valence-corrected chi connectivity index (χ2v) is 7.71. The molecule has 0 amide bonds. The number of rotatable bonds is 5. The maximum atomic E-state index is 11.6. The van der Waals surface area contributed by atoms with Gasteiger partial charge in [0.05, 0.1) is 18.2 Å². The second-order valence-electron chi connectivity index (χ2n) is 7.71. The van der Waals surface area contributed by atoms with Crippen molar-refractivity contribution in [1.82, 2.24) is 4.57 Å². The molecule has 0 saturated carbocycles. The van der Waals surface area contributed by atoms with Gasteiger partial charge in [0.2, 0.25) is 0 Å². The number of nitrogens with two attached hydrogens (primary N) is 1. The topological polar surface area (TPSA) is 60.5 Å². The van der Waals surface area contributed by atoms with Crippen LogP contribution >= 0.6 is 0 Å². The van der Waals surface area contributed by atoms with Crippen LogP contribution in [0.15, 0.2) is 48.7 Å². The van der Waals surface area contributed by atoms with E-state index in [1.165, 1.54) is 35.7 Å². The molecule has 0 spiro atoms. The highest BCUT2D eigenvalue weighted by Crippen LogP contribution is 2.28. The van der Waals surface area contributed by atoms with Crippen molar-refractivity contribution in [2.45, 2.75) is 26.3 Å². The lowest BCUT2D eigenvalue weighted by atomic mass is 10.1. The zero-order chi connectivity index (χ0) is 19.7. The fraction of sp³-hybridized carbons (Fsp3) is 0.348. The normalized spacial score (nSPS) is 16.6. The summed E-state index contributed by atoms with van der Waals surface area (Å²) in [6.45, 7) is 5.27. The van der Waals surface area contributed by atoms with Gasteiger partial charge in [-0.25, -0.2) is 4.79 Å². The number of nitrogens with zero attached hydrogens (tertiary/aromatic N) is 2. The van der Waals surface area contributed by atoms with Crippen LogP contribution in [0.25, 0.3) is 10.9 Å². The largest absolute Gasteiger partial charge is 0.465 e. The molecule has 2 N–H and O–H groups in total. The van der Waals surface area contributed by atoms with Gasteiger partial charge < -0.3 is 19.9 Å². The van der Waals surface area contributed by atoms with Crippen LogP contribution in [-0.2, 0) is 11.3 Å². The van der Waals surface area contributed by atoms with Crippen LogP contribution < -0.4 is 10.6 Å². The van der Waals surface area contributed by atoms with Gasteiger partial charge in [-0.3, -0.25) is 0 Å². The Morgan fingerprint density at radius 1 is 1.21 bits per heavy atom. The predicted molar refractivity (Wildman–Crippen MR) is 114 cm³/mol. The van der Waals surface area contributed by atoms with Crippen molar-refractivity contribution in [2.24, 2.45) is 5.92 Å². The molecule has 4 rings (SSSR count). The summed E-state index contributed by atoms with van der Waals surface area (Å²) in [6, 6.07) is 13.9. The number of benzene rings is 2. The molecule has 0 bridgehead atoms. The molecule has 1 fully saturated rings. The minimum absolute atomic E-state index is 0.291. The van der Waals surface area contributed by atoms with E-state index >= 15 is 0 Å². The number of methoxy groups -OCH3 is 1. The standard InChI is InChI=1S/C23H27N3O2/c1-16-14-26(22-13-19(24)5-8-21(16)22)12-10-17-9-11-25(15-17)20-6-3-18(4-7-20)23(27)28-2/h3-8,13-14,17H,9-12,15,24H2,1-2H3. The van der Waals surface area contributed by atoms with E-state index in [1.807, 2.05) is 30.3 Å². The number of aryl methyl sites for hydroxylation is 2. The summed E-state index contributed by atoms with van der Waals surface area (Å²) in [5.41, 5.74) is 11.1. The highest BCUT2D eigenvalue weighted by atomic mass is 16.5. The van der Waals surface area contributed by atoms with Crippen molar-refractivity contribution >= 4 is 28.2 Å². The van der Waals surface area contributed by atoms with E-state index < -0.39 is 0 Å². The first kappa shape index (κ1) is 18.4. The van der Waals surface area contributed by atoms with Crippen molar-refractivity contribution in [3.05, 3.63) is 59.8 Å². The molecule has 1 aliphatic rings. The zero-order valence-electron chi connectivity index (χ0n) is 16.5. The summed E-state index contributed by atoms with van der Waals surface area (Å²) in [6.07, 6.45) is 4.58. The molecule has 5 heteroatoms. The summed E-state index contributed by atoms with van der Waals surface area (Å²) in [5.74, 6) is 0.375. The number of esters is 1. The maximum Gasteiger partial charge on any atom is 0.337 e. The van der Waals surface area contributed by atoms with Gasteiger partial charge in [-0.1, -0.05) is 6.07 Å². The van der Waals surface area contributed by atoms with Gasteiger partial charge in [-0.05, 0) is 67.6 Å². The third kappa shape index (κ3) is 3.57. The van der Waals surface area contributed by atoms with Crippen molar-refractivity contribution < 1.29 is 9.53 Å². The molecule has 1 atom stereocenters. The van der Waals surface area contributed by atoms with Gasteiger partial charge >= 0.3 is 5.97 Å². The number of hydrogen-bond donors (Lipinski definition) is 1. The lowest BCUT2D eigenvalue weighted by Crippen LogP contribution is -2.20. The first-order valence-corrected chi connectivity index (χ1v) is 9.83. The Morgan fingerprint density at radius 3 is 2.75 bits per heavy atom. The van der Waals surface area contributed by atoms with E-state index in [9.17, 15) is 4.79 Å². The van der Waals surface area contributed by atoms with Crippen molar-refractivity contribution in [3.63, 3.8) is 0 Å². The van der Waals surface area contributed by atoms with Gasteiger partial charge in [0.25, 0.3) is 0 Å². The molecule has 1 aromatic heterocycles. The Labute approximate surface area is 165 Å². The zero-order valence-corrected chi connectivity index (χ0v) is 16.5. The number of anilines is 2. The van der Waals surface area contributed by atoms with Crippen LogP contribution in [0.4, 0.5) is 11.4 Å². The highest BCUT2D eigenvalue weighted by Gasteiger charge is 2.23. The fourth-order valence-electron chi connectivity index (χ4n) is 4.23. The summed E-state index contributed by atoms with van der Waals surface area (Å²) in [4.78, 5) is 14.0. The number of ether oxygens (including phenoxy) is 1. The number of nitrogen functional groups attached to an aromatic ring is 1. The third-order valence-electron chi connectivity index (χ3n) is 5.82. The van der Waals surface area contributed by atoms with Gasteiger partial charge in [0.1, 0.15) is 0 Å². The van der Waals surface area contributed by atoms with Crippen LogP contribution in [0.2, 0.25) is 0 Å². The number of fused-ring (bicyclic) bond motifs is 1. The minimum atomic E-state index is -0.291. The van der Waals surface area contributed by atoms with Gasteiger partial charge in [-0.15, -0.1) is 0 Å². The number of carbonyl (C=O) groups excluding carboxylic acids is 1. The molecule has 1 saturated heterocycles. The average molecular weight is 377 g/mol. The third-order valence-corrected chi connectivity index (χ3v) is 5.82. The minimum Gasteiger partial charge on any atom is -0.465 e. The first-order valence-electron chi connectivity index (χ1n) is 9.83. The van der Waals surface area contributed by atoms with Gasteiger partial charge in [0, 0.05) is 42.6 Å². The van der Waals surface area contributed by atoms with E-state index in [-0.39, 0.29) is 5.97 Å². The van der Waals surface area contributed by atoms with Crippen LogP contribution in [0.3, 0.4) is 0 Å². The van der Waals surface area contributed by atoms with Crippen molar-refractivity contribution in [2.75, 3.05) is 30.8 Å². The predicted octanol–water partition coefficient (Wildman–Crippen LogP) is 4.24. The average Bonchev–Trinajstić information content (AvgIpc) is 3.30. The molecule has 3 aromatic rings. The molecule has 1 unspecified atom stereocenters. The van der Waals surface area contributed by atoms with E-state index in [2.05, 4.69) is 34.7 Å². The smallest absolute Gasteiger partial charge is 0.337 e. The van der Waals surface area contributed by atoms with Gasteiger partial charge in [-0.2, -0.15) is 0 Å². The molecular formula is C23H27N3O2. The van der Waals surface area contributed by atoms with Crippen LogP contribution in [0, 0.1) is 12.8 Å².